The number of methoxy groups -OCH3 is 1. The van der Waals surface area contributed by atoms with Gasteiger partial charge < -0.3 is 14.9 Å². The number of rotatable bonds is 3. The van der Waals surface area contributed by atoms with Gasteiger partial charge in [-0.05, 0) is 49.4 Å². The highest BCUT2D eigenvalue weighted by molar-refractivity contribution is 9.13. The van der Waals surface area contributed by atoms with Crippen LogP contribution in [0.1, 0.15) is 5.56 Å². The Bertz CT molecular complexity index is 955. The summed E-state index contributed by atoms with van der Waals surface area (Å²) in [4.78, 5) is 4.40. The van der Waals surface area contributed by atoms with E-state index in [9.17, 15) is 10.2 Å². The van der Waals surface area contributed by atoms with Crippen LogP contribution in [-0.4, -0.2) is 23.5 Å². The number of aliphatic imine (C=N–C) groups is 1. The largest absolute Gasteiger partial charge is 0.506 e. The third kappa shape index (κ3) is 2.99. The SMILES string of the molecule is COc1cc(Br)c(Br)c(C=Nc2c(O)ccc3ccccc23)c1O. The van der Waals surface area contributed by atoms with Crippen molar-refractivity contribution in [3.8, 4) is 17.2 Å². The molecule has 0 aliphatic rings. The lowest BCUT2D eigenvalue weighted by Gasteiger charge is -2.10. The summed E-state index contributed by atoms with van der Waals surface area (Å²) in [5.74, 6) is 0.368. The minimum Gasteiger partial charge on any atom is -0.506 e. The number of aromatic hydroxyl groups is 2. The maximum absolute atomic E-state index is 10.3. The molecule has 2 N–H and O–H groups in total. The predicted molar refractivity (Wildman–Crippen MR) is 103 cm³/mol. The second-order valence-electron chi connectivity index (χ2n) is 5.05. The quantitative estimate of drug-likeness (QED) is 0.515. The molecule has 24 heavy (non-hydrogen) atoms. The van der Waals surface area contributed by atoms with Crippen molar-refractivity contribution >= 4 is 54.5 Å². The zero-order valence-electron chi connectivity index (χ0n) is 12.6. The smallest absolute Gasteiger partial charge is 0.167 e. The Hall–Kier alpha value is -2.05. The van der Waals surface area contributed by atoms with Crippen molar-refractivity contribution in [3.63, 3.8) is 0 Å². The van der Waals surface area contributed by atoms with Crippen molar-refractivity contribution in [2.45, 2.75) is 0 Å². The molecule has 122 valence electrons. The maximum atomic E-state index is 10.3. The molecular formula is C18H13Br2NO3. The van der Waals surface area contributed by atoms with Crippen LogP contribution in [0.5, 0.6) is 17.2 Å². The Labute approximate surface area is 155 Å². The Morgan fingerprint density at radius 1 is 1.08 bits per heavy atom. The van der Waals surface area contributed by atoms with Crippen LogP contribution in [0, 0.1) is 0 Å². The summed E-state index contributed by atoms with van der Waals surface area (Å²) in [6, 6.07) is 12.7. The molecule has 0 radical (unpaired) electrons. The van der Waals surface area contributed by atoms with E-state index in [1.165, 1.54) is 13.3 Å². The first-order valence-electron chi connectivity index (χ1n) is 7.02. The van der Waals surface area contributed by atoms with E-state index in [1.807, 2.05) is 30.3 Å². The number of phenolic OH excluding ortho intramolecular Hbond substituents is 2. The van der Waals surface area contributed by atoms with Crippen molar-refractivity contribution < 1.29 is 14.9 Å². The van der Waals surface area contributed by atoms with E-state index in [0.717, 1.165) is 15.2 Å². The van der Waals surface area contributed by atoms with Gasteiger partial charge in [0.2, 0.25) is 0 Å². The van der Waals surface area contributed by atoms with Gasteiger partial charge in [0.1, 0.15) is 11.4 Å². The highest BCUT2D eigenvalue weighted by Gasteiger charge is 2.14. The highest BCUT2D eigenvalue weighted by Crippen LogP contribution is 2.40. The number of halogens is 2. The molecule has 3 rings (SSSR count). The van der Waals surface area contributed by atoms with Crippen LogP contribution in [0.2, 0.25) is 0 Å². The van der Waals surface area contributed by atoms with Crippen molar-refractivity contribution in [1.29, 1.82) is 0 Å². The predicted octanol–water partition coefficient (Wildman–Crippen LogP) is 5.54. The first-order chi connectivity index (χ1) is 11.5. The van der Waals surface area contributed by atoms with Crippen LogP contribution in [0.3, 0.4) is 0 Å². The van der Waals surface area contributed by atoms with Crippen molar-refractivity contribution in [1.82, 2.24) is 0 Å². The lowest BCUT2D eigenvalue weighted by molar-refractivity contribution is 0.372. The normalized spacial score (nSPS) is 11.3. The molecule has 0 amide bonds. The third-order valence-electron chi connectivity index (χ3n) is 3.61. The molecule has 0 unspecified atom stereocenters. The fraction of sp³-hybridized carbons (Fsp3) is 0.0556. The number of hydrogen-bond donors (Lipinski definition) is 2. The standard InChI is InChI=1S/C18H13Br2NO3/c1-24-15-8-13(19)16(20)12(18(15)23)9-21-17-11-5-3-2-4-10(11)6-7-14(17)22/h2-9,22-23H,1H3. The molecule has 0 aliphatic heterocycles. The summed E-state index contributed by atoms with van der Waals surface area (Å²) in [6.45, 7) is 0. The molecule has 3 aromatic carbocycles. The van der Waals surface area contributed by atoms with Crippen LogP contribution >= 0.6 is 31.9 Å². The molecule has 3 aromatic rings. The Morgan fingerprint density at radius 3 is 2.58 bits per heavy atom. The average molecular weight is 451 g/mol. The third-order valence-corrected chi connectivity index (χ3v) is 5.63. The van der Waals surface area contributed by atoms with E-state index in [2.05, 4.69) is 36.9 Å². The number of ether oxygens (including phenoxy) is 1. The topological polar surface area (TPSA) is 62.0 Å². The zero-order valence-corrected chi connectivity index (χ0v) is 15.8. The van der Waals surface area contributed by atoms with Crippen molar-refractivity contribution in [3.05, 3.63) is 57.0 Å². The fourth-order valence-electron chi connectivity index (χ4n) is 2.39. The van der Waals surface area contributed by atoms with Gasteiger partial charge in [0, 0.05) is 20.5 Å². The summed E-state index contributed by atoms with van der Waals surface area (Å²) in [6.07, 6.45) is 1.49. The molecular weight excluding hydrogens is 438 g/mol. The van der Waals surface area contributed by atoms with E-state index in [0.29, 0.717) is 21.5 Å². The van der Waals surface area contributed by atoms with Crippen LogP contribution in [0.25, 0.3) is 10.8 Å². The lowest BCUT2D eigenvalue weighted by Crippen LogP contribution is -1.92. The van der Waals surface area contributed by atoms with Gasteiger partial charge in [-0.2, -0.15) is 0 Å². The number of hydrogen-bond acceptors (Lipinski definition) is 4. The Kier molecular flexibility index (Phi) is 4.78. The molecule has 0 aliphatic carbocycles. The summed E-state index contributed by atoms with van der Waals surface area (Å²) >= 11 is 6.82. The summed E-state index contributed by atoms with van der Waals surface area (Å²) in [5, 5.41) is 22.3. The zero-order chi connectivity index (χ0) is 17.3. The van der Waals surface area contributed by atoms with Crippen LogP contribution < -0.4 is 4.74 Å². The van der Waals surface area contributed by atoms with E-state index < -0.39 is 0 Å². The number of nitrogens with zero attached hydrogens (tertiary/aromatic N) is 1. The van der Waals surface area contributed by atoms with Gasteiger partial charge >= 0.3 is 0 Å². The molecule has 0 fully saturated rings. The maximum Gasteiger partial charge on any atom is 0.167 e. The first kappa shape index (κ1) is 16.8. The Morgan fingerprint density at radius 2 is 1.83 bits per heavy atom. The van der Waals surface area contributed by atoms with Gasteiger partial charge in [0.05, 0.1) is 12.7 Å². The molecule has 6 heteroatoms. The molecule has 0 spiro atoms. The van der Waals surface area contributed by atoms with Crippen LogP contribution in [0.4, 0.5) is 5.69 Å². The van der Waals surface area contributed by atoms with E-state index in [4.69, 9.17) is 4.74 Å². The van der Waals surface area contributed by atoms with Gasteiger partial charge in [-0.1, -0.05) is 30.3 Å². The van der Waals surface area contributed by atoms with Crippen molar-refractivity contribution in [2.75, 3.05) is 7.11 Å². The van der Waals surface area contributed by atoms with E-state index in [-0.39, 0.29) is 11.5 Å². The van der Waals surface area contributed by atoms with Crippen LogP contribution in [0.15, 0.2) is 56.4 Å². The second kappa shape index (κ2) is 6.83. The van der Waals surface area contributed by atoms with E-state index >= 15 is 0 Å². The monoisotopic (exact) mass is 449 g/mol. The summed E-state index contributed by atoms with van der Waals surface area (Å²) in [5.41, 5.74) is 0.895. The van der Waals surface area contributed by atoms with Crippen LogP contribution in [-0.2, 0) is 0 Å². The molecule has 0 heterocycles. The highest BCUT2D eigenvalue weighted by atomic mass is 79.9. The average Bonchev–Trinajstić information content (AvgIpc) is 2.59. The summed E-state index contributed by atoms with van der Waals surface area (Å²) < 4.78 is 6.52. The second-order valence-corrected chi connectivity index (χ2v) is 6.70. The molecule has 0 bridgehead atoms. The molecule has 0 aromatic heterocycles. The minimum absolute atomic E-state index is 0.0314. The lowest BCUT2D eigenvalue weighted by atomic mass is 10.1. The van der Waals surface area contributed by atoms with Gasteiger partial charge in [-0.15, -0.1) is 0 Å². The molecule has 0 atom stereocenters. The van der Waals surface area contributed by atoms with Crippen molar-refractivity contribution in [2.24, 2.45) is 4.99 Å². The fourth-order valence-corrected chi connectivity index (χ4v) is 3.22. The van der Waals surface area contributed by atoms with Gasteiger partial charge in [0.15, 0.2) is 11.5 Å². The molecule has 0 saturated heterocycles. The number of phenols is 2. The molecule has 4 nitrogen and oxygen atoms in total. The van der Waals surface area contributed by atoms with Gasteiger partial charge in [-0.3, -0.25) is 4.99 Å². The summed E-state index contributed by atoms with van der Waals surface area (Å²) in [7, 11) is 1.48. The van der Waals surface area contributed by atoms with Gasteiger partial charge in [-0.25, -0.2) is 0 Å². The Balaban J connectivity index is 2.16. The number of fused-ring (bicyclic) bond motifs is 1. The van der Waals surface area contributed by atoms with Gasteiger partial charge in [0.25, 0.3) is 0 Å². The first-order valence-corrected chi connectivity index (χ1v) is 8.61. The minimum atomic E-state index is -0.0314. The van der Waals surface area contributed by atoms with E-state index in [1.54, 1.807) is 12.1 Å². The molecule has 0 saturated carbocycles. The number of benzene rings is 3.